The first-order chi connectivity index (χ1) is 9.90. The van der Waals surface area contributed by atoms with Crippen molar-refractivity contribution in [2.75, 3.05) is 0 Å². The second-order valence-corrected chi connectivity index (χ2v) is 5.59. The maximum atomic E-state index is 14.0. The van der Waals surface area contributed by atoms with Gasteiger partial charge in [0.15, 0.2) is 11.6 Å². The highest BCUT2D eigenvalue weighted by molar-refractivity contribution is 6.30. The Morgan fingerprint density at radius 3 is 2.81 bits per heavy atom. The number of aryl methyl sites for hydroxylation is 2. The van der Waals surface area contributed by atoms with E-state index in [0.717, 1.165) is 11.3 Å². The molecular weight excluding hydrogens is 293 g/mol. The van der Waals surface area contributed by atoms with Gasteiger partial charge in [0, 0.05) is 19.6 Å². The third kappa shape index (κ3) is 3.54. The number of hydrogen-bond donors (Lipinski definition) is 1. The summed E-state index contributed by atoms with van der Waals surface area (Å²) in [5.41, 5.74) is 1.76. The van der Waals surface area contributed by atoms with Crippen molar-refractivity contribution in [3.8, 4) is 11.6 Å². The number of nitrogens with one attached hydrogen (secondary N) is 1. The summed E-state index contributed by atoms with van der Waals surface area (Å²) < 4.78 is 21.3. The van der Waals surface area contributed by atoms with Crippen LogP contribution in [-0.2, 0) is 13.6 Å². The fraction of sp³-hybridized carbons (Fsp3) is 0.400. The molecule has 0 radical (unpaired) electrons. The van der Waals surface area contributed by atoms with Crippen LogP contribution in [-0.4, -0.2) is 15.8 Å². The van der Waals surface area contributed by atoms with Crippen LogP contribution in [0.5, 0.6) is 11.6 Å². The Bertz CT molecular complexity index is 640. The first-order valence-corrected chi connectivity index (χ1v) is 7.15. The highest BCUT2D eigenvalue weighted by Crippen LogP contribution is 2.31. The molecule has 21 heavy (non-hydrogen) atoms. The lowest BCUT2D eigenvalue weighted by Crippen LogP contribution is -2.22. The molecule has 1 N–H and O–H groups in total. The van der Waals surface area contributed by atoms with E-state index in [2.05, 4.69) is 24.3 Å². The molecule has 0 unspecified atom stereocenters. The second kappa shape index (κ2) is 6.45. The van der Waals surface area contributed by atoms with Gasteiger partial charge in [0.1, 0.15) is 0 Å². The minimum atomic E-state index is -0.569. The van der Waals surface area contributed by atoms with Crippen LogP contribution in [0.3, 0.4) is 0 Å². The van der Waals surface area contributed by atoms with Crippen molar-refractivity contribution in [1.82, 2.24) is 15.1 Å². The average Bonchev–Trinajstić information content (AvgIpc) is 2.67. The predicted octanol–water partition coefficient (Wildman–Crippen LogP) is 3.81. The molecule has 0 aliphatic carbocycles. The summed E-state index contributed by atoms with van der Waals surface area (Å²) >= 11 is 5.78. The van der Waals surface area contributed by atoms with Crippen molar-refractivity contribution in [3.05, 3.63) is 40.3 Å². The lowest BCUT2D eigenvalue weighted by molar-refractivity contribution is 0.397. The highest BCUT2D eigenvalue weighted by atomic mass is 35.5. The zero-order chi connectivity index (χ0) is 15.6. The molecule has 114 valence electrons. The average molecular weight is 312 g/mol. The molecule has 1 heterocycles. The Morgan fingerprint density at radius 2 is 2.14 bits per heavy atom. The van der Waals surface area contributed by atoms with Crippen molar-refractivity contribution in [2.24, 2.45) is 7.05 Å². The zero-order valence-corrected chi connectivity index (χ0v) is 13.3. The first kappa shape index (κ1) is 15.8. The Kier molecular flexibility index (Phi) is 4.85. The van der Waals surface area contributed by atoms with Gasteiger partial charge < -0.3 is 10.1 Å². The van der Waals surface area contributed by atoms with Crippen LogP contribution in [0, 0.1) is 12.7 Å². The number of aromatic nitrogens is 2. The van der Waals surface area contributed by atoms with Gasteiger partial charge >= 0.3 is 0 Å². The van der Waals surface area contributed by atoms with E-state index in [1.54, 1.807) is 23.9 Å². The molecule has 0 saturated carbocycles. The van der Waals surface area contributed by atoms with Gasteiger partial charge in [0.2, 0.25) is 5.88 Å². The zero-order valence-electron chi connectivity index (χ0n) is 12.6. The summed E-state index contributed by atoms with van der Waals surface area (Å²) in [6.07, 6.45) is 0. The molecular formula is C15H19ClFN3O. The molecule has 0 saturated heterocycles. The Hall–Kier alpha value is -1.59. The molecule has 1 aromatic carbocycles. The van der Waals surface area contributed by atoms with Gasteiger partial charge in [-0.15, -0.1) is 0 Å². The van der Waals surface area contributed by atoms with E-state index in [9.17, 15) is 4.39 Å². The van der Waals surface area contributed by atoms with E-state index in [0.29, 0.717) is 18.5 Å². The largest absolute Gasteiger partial charge is 0.436 e. The van der Waals surface area contributed by atoms with Gasteiger partial charge in [0.05, 0.1) is 16.3 Å². The van der Waals surface area contributed by atoms with Crippen LogP contribution < -0.4 is 10.1 Å². The number of hydrogen-bond acceptors (Lipinski definition) is 3. The van der Waals surface area contributed by atoms with Crippen LogP contribution in [0.2, 0.25) is 5.02 Å². The molecule has 4 nitrogen and oxygen atoms in total. The van der Waals surface area contributed by atoms with E-state index in [1.807, 2.05) is 6.92 Å². The second-order valence-electron chi connectivity index (χ2n) is 5.18. The normalized spacial score (nSPS) is 11.2. The van der Waals surface area contributed by atoms with Crippen molar-refractivity contribution >= 4 is 11.6 Å². The Labute approximate surface area is 128 Å². The summed E-state index contributed by atoms with van der Waals surface area (Å²) in [5.74, 6) is 0.0407. The van der Waals surface area contributed by atoms with Crippen molar-refractivity contribution < 1.29 is 9.13 Å². The minimum Gasteiger partial charge on any atom is -0.436 e. The summed E-state index contributed by atoms with van der Waals surface area (Å²) in [7, 11) is 1.77. The fourth-order valence-corrected chi connectivity index (χ4v) is 2.15. The lowest BCUT2D eigenvalue weighted by Gasteiger charge is -2.12. The third-order valence-electron chi connectivity index (χ3n) is 3.10. The molecule has 0 amide bonds. The van der Waals surface area contributed by atoms with E-state index in [-0.39, 0.29) is 10.8 Å². The molecule has 1 aromatic heterocycles. The Morgan fingerprint density at radius 1 is 1.43 bits per heavy atom. The molecule has 0 fully saturated rings. The van der Waals surface area contributed by atoms with Crippen molar-refractivity contribution in [3.63, 3.8) is 0 Å². The molecule has 2 rings (SSSR count). The van der Waals surface area contributed by atoms with Gasteiger partial charge in [-0.1, -0.05) is 31.5 Å². The van der Waals surface area contributed by atoms with Gasteiger partial charge in [0.25, 0.3) is 0 Å². The molecule has 0 aliphatic rings. The third-order valence-corrected chi connectivity index (χ3v) is 3.39. The fourth-order valence-electron chi connectivity index (χ4n) is 1.99. The first-order valence-electron chi connectivity index (χ1n) is 6.78. The van der Waals surface area contributed by atoms with Gasteiger partial charge in [-0.3, -0.25) is 0 Å². The lowest BCUT2D eigenvalue weighted by atomic mass is 10.2. The Balaban J connectivity index is 2.33. The summed E-state index contributed by atoms with van der Waals surface area (Å²) in [5, 5.41) is 7.68. The van der Waals surface area contributed by atoms with Crippen molar-refractivity contribution in [2.45, 2.75) is 33.4 Å². The van der Waals surface area contributed by atoms with Crippen molar-refractivity contribution in [1.29, 1.82) is 0 Å². The molecule has 0 bridgehead atoms. The quantitative estimate of drug-likeness (QED) is 0.912. The number of ether oxygens (including phenoxy) is 1. The van der Waals surface area contributed by atoms with Crippen LogP contribution in [0.25, 0.3) is 0 Å². The van der Waals surface area contributed by atoms with Crippen LogP contribution >= 0.6 is 11.6 Å². The summed E-state index contributed by atoms with van der Waals surface area (Å²) in [6.45, 7) is 6.62. The maximum Gasteiger partial charge on any atom is 0.222 e. The van der Waals surface area contributed by atoms with Gasteiger partial charge in [-0.2, -0.15) is 5.10 Å². The topological polar surface area (TPSA) is 39.1 Å². The summed E-state index contributed by atoms with van der Waals surface area (Å²) in [4.78, 5) is 0. The number of benzene rings is 1. The van der Waals surface area contributed by atoms with Gasteiger partial charge in [-0.05, 0) is 19.1 Å². The van der Waals surface area contributed by atoms with E-state index in [1.165, 1.54) is 6.07 Å². The predicted molar refractivity (Wildman–Crippen MR) is 81.4 cm³/mol. The minimum absolute atomic E-state index is 0.0354. The molecule has 0 aliphatic heterocycles. The molecule has 0 spiro atoms. The van der Waals surface area contributed by atoms with Crippen LogP contribution in [0.1, 0.15) is 25.1 Å². The van der Waals surface area contributed by atoms with Crippen LogP contribution in [0.4, 0.5) is 4.39 Å². The number of rotatable bonds is 5. The molecule has 0 atom stereocenters. The molecule has 2 aromatic rings. The number of halogens is 2. The monoisotopic (exact) mass is 311 g/mol. The maximum absolute atomic E-state index is 14.0. The smallest absolute Gasteiger partial charge is 0.222 e. The highest BCUT2D eigenvalue weighted by Gasteiger charge is 2.18. The molecule has 6 heteroatoms. The van der Waals surface area contributed by atoms with E-state index in [4.69, 9.17) is 16.3 Å². The van der Waals surface area contributed by atoms with Crippen LogP contribution in [0.15, 0.2) is 18.2 Å². The van der Waals surface area contributed by atoms with E-state index >= 15 is 0 Å². The number of nitrogens with zero attached hydrogens (tertiary/aromatic N) is 2. The standard InChI is InChI=1S/C15H19ClFN3O/c1-9(2)18-8-11-10(3)19-20(4)15(11)21-13-7-5-6-12(16)14(13)17/h5-7,9,18H,8H2,1-4H3. The van der Waals surface area contributed by atoms with E-state index < -0.39 is 5.82 Å². The van der Waals surface area contributed by atoms with Gasteiger partial charge in [-0.25, -0.2) is 9.07 Å². The SMILES string of the molecule is Cc1nn(C)c(Oc2cccc(Cl)c2F)c1CNC(C)C. The summed E-state index contributed by atoms with van der Waals surface area (Å²) in [6, 6.07) is 5.01.